The van der Waals surface area contributed by atoms with Crippen molar-refractivity contribution in [1.29, 1.82) is 0 Å². The van der Waals surface area contributed by atoms with Crippen LogP contribution in [0.3, 0.4) is 0 Å². The quantitative estimate of drug-likeness (QED) is 0.830. The summed E-state index contributed by atoms with van der Waals surface area (Å²) in [6.07, 6.45) is 7.49. The summed E-state index contributed by atoms with van der Waals surface area (Å²) in [6.45, 7) is 6.70. The van der Waals surface area contributed by atoms with Gasteiger partial charge in [-0.05, 0) is 39.7 Å². The zero-order valence-electron chi connectivity index (χ0n) is 15.3. The minimum Gasteiger partial charge on any atom is -0.476 e. The molecule has 136 valence electrons. The molecule has 2 heterocycles. The zero-order valence-corrected chi connectivity index (χ0v) is 15.3. The average molecular weight is 345 g/mol. The lowest BCUT2D eigenvalue weighted by atomic mass is 9.90. The van der Waals surface area contributed by atoms with Crippen molar-refractivity contribution in [2.75, 3.05) is 13.6 Å². The summed E-state index contributed by atoms with van der Waals surface area (Å²) in [7, 11) is 2.12. The fraction of sp³-hybridized carbons (Fsp3) is 0.611. The Balaban J connectivity index is 1.71. The molecule has 1 aliphatic carbocycles. The fourth-order valence-electron chi connectivity index (χ4n) is 3.70. The first-order valence-corrected chi connectivity index (χ1v) is 9.01. The van der Waals surface area contributed by atoms with Crippen molar-refractivity contribution in [3.05, 3.63) is 35.2 Å². The van der Waals surface area contributed by atoms with Crippen molar-refractivity contribution in [1.82, 2.24) is 24.2 Å². The molecule has 7 heteroatoms. The highest BCUT2D eigenvalue weighted by Crippen LogP contribution is 2.27. The number of rotatable bonds is 7. The second kappa shape index (κ2) is 7.39. The average Bonchev–Trinajstić information content (AvgIpc) is 3.16. The number of carboxylic acid groups (broad SMARTS) is 1. The molecule has 0 bridgehead atoms. The summed E-state index contributed by atoms with van der Waals surface area (Å²) in [5.74, 6) is 0.108. The van der Waals surface area contributed by atoms with Crippen LogP contribution in [0.15, 0.2) is 12.4 Å². The van der Waals surface area contributed by atoms with Crippen LogP contribution in [0.4, 0.5) is 0 Å². The van der Waals surface area contributed by atoms with Crippen molar-refractivity contribution < 1.29 is 9.90 Å². The second-order valence-corrected chi connectivity index (χ2v) is 6.85. The van der Waals surface area contributed by atoms with Gasteiger partial charge in [-0.25, -0.2) is 9.78 Å². The fourth-order valence-corrected chi connectivity index (χ4v) is 3.70. The lowest BCUT2D eigenvalue weighted by Gasteiger charge is -2.31. The van der Waals surface area contributed by atoms with Crippen LogP contribution in [-0.4, -0.2) is 54.9 Å². The molecule has 0 aliphatic heterocycles. The van der Waals surface area contributed by atoms with E-state index in [1.807, 2.05) is 24.0 Å². The Morgan fingerprint density at radius 3 is 2.88 bits per heavy atom. The molecule has 0 saturated carbocycles. The number of carboxylic acids is 1. The Morgan fingerprint density at radius 1 is 1.44 bits per heavy atom. The molecular weight excluding hydrogens is 318 g/mol. The number of fused-ring (bicyclic) bond motifs is 1. The largest absolute Gasteiger partial charge is 0.476 e. The molecule has 0 radical (unpaired) electrons. The third kappa shape index (κ3) is 3.61. The Morgan fingerprint density at radius 2 is 2.24 bits per heavy atom. The number of carbonyl (C=O) groups is 1. The molecule has 0 fully saturated rings. The van der Waals surface area contributed by atoms with Crippen LogP contribution < -0.4 is 0 Å². The predicted molar refractivity (Wildman–Crippen MR) is 94.9 cm³/mol. The number of imidazole rings is 1. The number of aromatic nitrogens is 4. The number of aryl methyl sites for hydroxylation is 2. The van der Waals surface area contributed by atoms with Gasteiger partial charge in [-0.3, -0.25) is 4.68 Å². The van der Waals surface area contributed by atoms with Crippen molar-refractivity contribution in [2.24, 2.45) is 0 Å². The monoisotopic (exact) mass is 345 g/mol. The maximum absolute atomic E-state index is 11.6. The van der Waals surface area contributed by atoms with E-state index < -0.39 is 5.97 Å². The Bertz CT molecular complexity index is 749. The number of aromatic carboxylic acids is 1. The van der Waals surface area contributed by atoms with Gasteiger partial charge in [0.1, 0.15) is 5.82 Å². The Hall–Kier alpha value is -2.15. The third-order valence-electron chi connectivity index (χ3n) is 5.20. The summed E-state index contributed by atoms with van der Waals surface area (Å²) < 4.78 is 4.05. The summed E-state index contributed by atoms with van der Waals surface area (Å²) >= 11 is 0. The first-order chi connectivity index (χ1) is 12.0. The summed E-state index contributed by atoms with van der Waals surface area (Å²) in [6, 6.07) is 0.355. The van der Waals surface area contributed by atoms with Crippen LogP contribution in [0.5, 0.6) is 0 Å². The summed E-state index contributed by atoms with van der Waals surface area (Å²) in [4.78, 5) is 18.2. The van der Waals surface area contributed by atoms with E-state index in [4.69, 9.17) is 0 Å². The van der Waals surface area contributed by atoms with E-state index in [-0.39, 0.29) is 5.69 Å². The van der Waals surface area contributed by atoms with Crippen molar-refractivity contribution >= 4 is 5.97 Å². The van der Waals surface area contributed by atoms with Crippen LogP contribution in [-0.2, 0) is 25.9 Å². The van der Waals surface area contributed by atoms with Gasteiger partial charge in [0, 0.05) is 49.3 Å². The molecule has 0 amide bonds. The van der Waals surface area contributed by atoms with Crippen molar-refractivity contribution in [2.45, 2.75) is 58.7 Å². The molecule has 2 aromatic rings. The van der Waals surface area contributed by atoms with E-state index in [2.05, 4.69) is 33.5 Å². The predicted octanol–water partition coefficient (Wildman–Crippen LogP) is 1.99. The number of hydrogen-bond donors (Lipinski definition) is 1. The first-order valence-electron chi connectivity index (χ1n) is 9.01. The van der Waals surface area contributed by atoms with Gasteiger partial charge in [0.2, 0.25) is 0 Å². The van der Waals surface area contributed by atoms with Gasteiger partial charge in [-0.1, -0.05) is 6.92 Å². The SMILES string of the molecule is CCCn1nc(C(=O)O)c2c1CCC(N(C)CCn1ccnc1C)C2. The molecule has 0 saturated heterocycles. The minimum atomic E-state index is -0.913. The van der Waals surface area contributed by atoms with E-state index in [1.165, 1.54) is 0 Å². The molecule has 25 heavy (non-hydrogen) atoms. The van der Waals surface area contributed by atoms with Crippen LogP contribution in [0.2, 0.25) is 0 Å². The topological polar surface area (TPSA) is 76.2 Å². The van der Waals surface area contributed by atoms with Crippen molar-refractivity contribution in [3.63, 3.8) is 0 Å². The lowest BCUT2D eigenvalue weighted by Crippen LogP contribution is -2.38. The molecule has 1 atom stereocenters. The van der Waals surface area contributed by atoms with Gasteiger partial charge in [0.25, 0.3) is 0 Å². The smallest absolute Gasteiger partial charge is 0.356 e. The maximum atomic E-state index is 11.6. The molecule has 1 N–H and O–H groups in total. The van der Waals surface area contributed by atoms with E-state index in [1.54, 1.807) is 0 Å². The lowest BCUT2D eigenvalue weighted by molar-refractivity contribution is 0.0687. The Kier molecular flexibility index (Phi) is 5.22. The van der Waals surface area contributed by atoms with Crippen LogP contribution in [0, 0.1) is 6.92 Å². The van der Waals surface area contributed by atoms with Gasteiger partial charge in [0.15, 0.2) is 5.69 Å². The number of hydrogen-bond acceptors (Lipinski definition) is 4. The van der Waals surface area contributed by atoms with Crippen LogP contribution >= 0.6 is 0 Å². The molecule has 3 rings (SSSR count). The van der Waals surface area contributed by atoms with Crippen molar-refractivity contribution in [3.8, 4) is 0 Å². The van der Waals surface area contributed by atoms with E-state index in [0.717, 1.165) is 62.4 Å². The highest BCUT2D eigenvalue weighted by Gasteiger charge is 2.30. The molecular formula is C18H27N5O2. The number of nitrogens with zero attached hydrogens (tertiary/aromatic N) is 5. The zero-order chi connectivity index (χ0) is 18.0. The minimum absolute atomic E-state index is 0.243. The molecule has 7 nitrogen and oxygen atoms in total. The molecule has 0 spiro atoms. The van der Waals surface area contributed by atoms with Gasteiger partial charge < -0.3 is 14.6 Å². The third-order valence-corrected chi connectivity index (χ3v) is 5.20. The van der Waals surface area contributed by atoms with Gasteiger partial charge in [-0.2, -0.15) is 5.10 Å². The Labute approximate surface area is 148 Å². The van der Waals surface area contributed by atoms with Gasteiger partial charge in [0.05, 0.1) is 0 Å². The van der Waals surface area contributed by atoms with E-state index in [0.29, 0.717) is 6.04 Å². The van der Waals surface area contributed by atoms with Crippen LogP contribution in [0.1, 0.15) is 47.3 Å². The van der Waals surface area contributed by atoms with E-state index in [9.17, 15) is 9.90 Å². The highest BCUT2D eigenvalue weighted by atomic mass is 16.4. The summed E-state index contributed by atoms with van der Waals surface area (Å²) in [5, 5.41) is 13.9. The molecule has 2 aromatic heterocycles. The van der Waals surface area contributed by atoms with Gasteiger partial charge >= 0.3 is 5.97 Å². The first kappa shape index (κ1) is 17.7. The van der Waals surface area contributed by atoms with Crippen LogP contribution in [0.25, 0.3) is 0 Å². The van der Waals surface area contributed by atoms with E-state index >= 15 is 0 Å². The highest BCUT2D eigenvalue weighted by molar-refractivity contribution is 5.87. The van der Waals surface area contributed by atoms with Gasteiger partial charge in [-0.15, -0.1) is 0 Å². The second-order valence-electron chi connectivity index (χ2n) is 6.85. The molecule has 1 unspecified atom stereocenters. The summed E-state index contributed by atoms with van der Waals surface area (Å²) in [5.41, 5.74) is 2.30. The normalized spacial score (nSPS) is 17.0. The maximum Gasteiger partial charge on any atom is 0.356 e. The molecule has 1 aliphatic rings. The standard InChI is InChI=1S/C18H27N5O2/c1-4-8-23-16-6-5-14(12-15(16)17(20-23)18(24)25)21(3)10-11-22-9-7-19-13(22)2/h7,9,14H,4-6,8,10-12H2,1-3H3,(H,24,25). The molecule has 0 aromatic carbocycles. The number of likely N-dealkylation sites (N-methyl/N-ethyl adjacent to an activating group) is 1.